The molecule has 2 aromatic carbocycles. The molecule has 1 unspecified atom stereocenters. The van der Waals surface area contributed by atoms with Gasteiger partial charge in [0, 0.05) is 21.3 Å². The minimum atomic E-state index is -0.616. The van der Waals surface area contributed by atoms with Crippen molar-refractivity contribution in [2.24, 2.45) is 0 Å². The number of rotatable bonds is 7. The van der Waals surface area contributed by atoms with E-state index in [1.165, 1.54) is 0 Å². The van der Waals surface area contributed by atoms with E-state index in [0.717, 1.165) is 5.56 Å². The van der Waals surface area contributed by atoms with E-state index in [-0.39, 0.29) is 12.6 Å². The number of amides is 2. The third-order valence-corrected chi connectivity index (χ3v) is 5.29. The highest BCUT2D eigenvalue weighted by atomic mass is 35.5. The van der Waals surface area contributed by atoms with Crippen LogP contribution in [0.4, 0.5) is 4.79 Å². The van der Waals surface area contributed by atoms with E-state index in [1.807, 2.05) is 6.92 Å². The summed E-state index contributed by atoms with van der Waals surface area (Å²) in [4.78, 5) is 24.5. The number of esters is 1. The maximum atomic E-state index is 12.5. The predicted molar refractivity (Wildman–Crippen MR) is 116 cm³/mol. The summed E-state index contributed by atoms with van der Waals surface area (Å²) >= 11 is 12.3. The second kappa shape index (κ2) is 9.87. The lowest BCUT2D eigenvalue weighted by molar-refractivity contribution is -0.139. The molecule has 30 heavy (non-hydrogen) atoms. The molecule has 1 aliphatic rings. The number of urea groups is 1. The van der Waals surface area contributed by atoms with Crippen molar-refractivity contribution in [2.75, 3.05) is 6.61 Å². The van der Waals surface area contributed by atoms with Crippen LogP contribution in [0.3, 0.4) is 0 Å². The van der Waals surface area contributed by atoms with Crippen molar-refractivity contribution in [2.45, 2.75) is 32.9 Å². The van der Waals surface area contributed by atoms with Gasteiger partial charge in [-0.1, -0.05) is 48.3 Å². The Balaban J connectivity index is 1.77. The van der Waals surface area contributed by atoms with Gasteiger partial charge in [0.05, 0.1) is 18.2 Å². The topological polar surface area (TPSA) is 76.7 Å². The van der Waals surface area contributed by atoms with E-state index < -0.39 is 12.0 Å². The minimum absolute atomic E-state index is 0.218. The fourth-order valence-corrected chi connectivity index (χ4v) is 3.58. The molecule has 0 saturated carbocycles. The maximum Gasteiger partial charge on any atom is 0.338 e. The number of benzene rings is 2. The van der Waals surface area contributed by atoms with E-state index in [4.69, 9.17) is 32.7 Å². The SMILES string of the molecule is CCCOC(=O)C1=C(C)NC(=O)NC1c1ccc(OCc2c(Cl)cccc2Cl)cc1. The molecule has 2 aromatic rings. The van der Waals surface area contributed by atoms with Gasteiger partial charge in [-0.25, -0.2) is 9.59 Å². The number of ether oxygens (including phenoxy) is 2. The van der Waals surface area contributed by atoms with Crippen LogP contribution < -0.4 is 15.4 Å². The predicted octanol–water partition coefficient (Wildman–Crippen LogP) is 5.15. The van der Waals surface area contributed by atoms with Gasteiger partial charge in [-0.2, -0.15) is 0 Å². The molecule has 6 nitrogen and oxygen atoms in total. The summed E-state index contributed by atoms with van der Waals surface area (Å²) in [7, 11) is 0. The molecule has 3 rings (SSSR count). The smallest absolute Gasteiger partial charge is 0.338 e. The summed E-state index contributed by atoms with van der Waals surface area (Å²) in [6.07, 6.45) is 0.712. The Morgan fingerprint density at radius 3 is 2.40 bits per heavy atom. The maximum absolute atomic E-state index is 12.5. The van der Waals surface area contributed by atoms with Gasteiger partial charge in [-0.05, 0) is 43.2 Å². The van der Waals surface area contributed by atoms with Crippen LogP contribution in [0.2, 0.25) is 10.0 Å². The number of carbonyl (C=O) groups excluding carboxylic acids is 2. The molecule has 0 radical (unpaired) electrons. The molecule has 1 heterocycles. The Morgan fingerprint density at radius 1 is 1.10 bits per heavy atom. The van der Waals surface area contributed by atoms with Crippen LogP contribution in [0.25, 0.3) is 0 Å². The number of hydrogen-bond acceptors (Lipinski definition) is 4. The van der Waals surface area contributed by atoms with Crippen LogP contribution in [0.5, 0.6) is 5.75 Å². The van der Waals surface area contributed by atoms with Crippen LogP contribution >= 0.6 is 23.2 Å². The van der Waals surface area contributed by atoms with Gasteiger partial charge in [0.15, 0.2) is 0 Å². The lowest BCUT2D eigenvalue weighted by Gasteiger charge is -2.28. The van der Waals surface area contributed by atoms with Gasteiger partial charge < -0.3 is 20.1 Å². The van der Waals surface area contributed by atoms with Crippen LogP contribution in [-0.2, 0) is 16.1 Å². The van der Waals surface area contributed by atoms with Crippen LogP contribution in [0.15, 0.2) is 53.7 Å². The van der Waals surface area contributed by atoms with Crippen LogP contribution in [0.1, 0.15) is 37.4 Å². The zero-order chi connectivity index (χ0) is 21.7. The van der Waals surface area contributed by atoms with Crippen molar-refractivity contribution < 1.29 is 19.1 Å². The molecule has 158 valence electrons. The summed E-state index contributed by atoms with van der Waals surface area (Å²) in [5.41, 5.74) is 2.28. The third kappa shape index (κ3) is 5.07. The van der Waals surface area contributed by atoms with Crippen molar-refractivity contribution >= 4 is 35.2 Å². The molecule has 0 bridgehead atoms. The molecule has 0 saturated heterocycles. The molecular weight excluding hydrogens is 427 g/mol. The van der Waals surface area contributed by atoms with Gasteiger partial charge in [0.25, 0.3) is 0 Å². The first-order valence-electron chi connectivity index (χ1n) is 9.51. The van der Waals surface area contributed by atoms with Gasteiger partial charge in [0.1, 0.15) is 12.4 Å². The van der Waals surface area contributed by atoms with E-state index >= 15 is 0 Å². The Hall–Kier alpha value is -2.70. The molecule has 1 atom stereocenters. The van der Waals surface area contributed by atoms with Gasteiger partial charge in [-0.15, -0.1) is 0 Å². The Kier molecular flexibility index (Phi) is 7.24. The fourth-order valence-electron chi connectivity index (χ4n) is 3.07. The summed E-state index contributed by atoms with van der Waals surface area (Å²) in [6, 6.07) is 11.4. The normalized spacial score (nSPS) is 16.0. The highest BCUT2D eigenvalue weighted by Crippen LogP contribution is 2.30. The Morgan fingerprint density at radius 2 is 1.77 bits per heavy atom. The summed E-state index contributed by atoms with van der Waals surface area (Å²) in [5.74, 6) is 0.145. The van der Waals surface area contributed by atoms with E-state index in [1.54, 1.807) is 49.4 Å². The molecule has 1 aliphatic heterocycles. The first kappa shape index (κ1) is 22.0. The number of halogens is 2. The summed E-state index contributed by atoms with van der Waals surface area (Å²) < 4.78 is 11.1. The second-order valence-corrected chi connectivity index (χ2v) is 7.58. The third-order valence-electron chi connectivity index (χ3n) is 4.58. The molecular formula is C22H22Cl2N2O4. The molecule has 0 aromatic heterocycles. The van der Waals surface area contributed by atoms with E-state index in [2.05, 4.69) is 10.6 Å². The zero-order valence-electron chi connectivity index (χ0n) is 16.6. The van der Waals surface area contributed by atoms with Crippen molar-refractivity contribution in [1.82, 2.24) is 10.6 Å². The minimum Gasteiger partial charge on any atom is -0.489 e. The van der Waals surface area contributed by atoms with Crippen molar-refractivity contribution in [1.29, 1.82) is 0 Å². The fraction of sp³-hybridized carbons (Fsp3) is 0.273. The average Bonchev–Trinajstić information content (AvgIpc) is 2.71. The quantitative estimate of drug-likeness (QED) is 0.573. The lowest BCUT2D eigenvalue weighted by Crippen LogP contribution is -2.45. The highest BCUT2D eigenvalue weighted by Gasteiger charge is 2.32. The van der Waals surface area contributed by atoms with Gasteiger partial charge in [-0.3, -0.25) is 0 Å². The Labute approximate surface area is 185 Å². The van der Waals surface area contributed by atoms with Gasteiger partial charge >= 0.3 is 12.0 Å². The first-order chi connectivity index (χ1) is 14.4. The first-order valence-corrected chi connectivity index (χ1v) is 10.3. The molecule has 0 spiro atoms. The second-order valence-electron chi connectivity index (χ2n) is 6.76. The Bertz CT molecular complexity index is 953. The van der Waals surface area contributed by atoms with Gasteiger partial charge in [0.2, 0.25) is 0 Å². The number of nitrogens with one attached hydrogen (secondary N) is 2. The molecule has 8 heteroatoms. The van der Waals surface area contributed by atoms with Crippen LogP contribution in [-0.4, -0.2) is 18.6 Å². The monoisotopic (exact) mass is 448 g/mol. The van der Waals surface area contributed by atoms with E-state index in [9.17, 15) is 9.59 Å². The molecule has 0 fully saturated rings. The van der Waals surface area contributed by atoms with E-state index in [0.29, 0.717) is 45.7 Å². The van der Waals surface area contributed by atoms with Crippen molar-refractivity contribution in [3.63, 3.8) is 0 Å². The summed E-state index contributed by atoms with van der Waals surface area (Å²) in [5, 5.41) is 6.47. The number of carbonyl (C=O) groups is 2. The molecule has 0 aliphatic carbocycles. The largest absolute Gasteiger partial charge is 0.489 e. The standard InChI is InChI=1S/C22H22Cl2N2O4/c1-3-11-29-21(27)19-13(2)25-22(28)26-20(19)14-7-9-15(10-8-14)30-12-16-17(23)5-4-6-18(16)24/h4-10,20H,3,11-12H2,1-2H3,(H2,25,26,28). The van der Waals surface area contributed by atoms with Crippen molar-refractivity contribution in [3.05, 3.63) is 74.9 Å². The highest BCUT2D eigenvalue weighted by molar-refractivity contribution is 6.35. The lowest BCUT2D eigenvalue weighted by atomic mass is 9.95. The zero-order valence-corrected chi connectivity index (χ0v) is 18.1. The molecule has 2 amide bonds. The average molecular weight is 449 g/mol. The van der Waals surface area contributed by atoms with Crippen LogP contribution in [0, 0.1) is 0 Å². The summed E-state index contributed by atoms with van der Waals surface area (Å²) in [6.45, 7) is 4.13. The number of allylic oxidation sites excluding steroid dienone is 1. The molecule has 2 N–H and O–H groups in total. The van der Waals surface area contributed by atoms with Crippen molar-refractivity contribution in [3.8, 4) is 5.75 Å². The number of hydrogen-bond donors (Lipinski definition) is 2.